The molecule has 0 N–H and O–H groups in total. The number of hydrogen-bond donors (Lipinski definition) is 0. The quantitative estimate of drug-likeness (QED) is 0.166. The van der Waals surface area contributed by atoms with E-state index in [2.05, 4.69) is 185 Å². The summed E-state index contributed by atoms with van der Waals surface area (Å²) >= 11 is 0. The second-order valence-corrected chi connectivity index (χ2v) is 18.3. The van der Waals surface area contributed by atoms with Gasteiger partial charge in [-0.2, -0.15) is 0 Å². The molecule has 2 aromatic heterocycles. The van der Waals surface area contributed by atoms with Gasteiger partial charge in [0.1, 0.15) is 34.5 Å². The second-order valence-electron chi connectivity index (χ2n) is 18.3. The van der Waals surface area contributed by atoms with E-state index >= 15 is 0 Å². The van der Waals surface area contributed by atoms with Crippen molar-refractivity contribution in [2.24, 2.45) is 0 Å². The van der Waals surface area contributed by atoms with Crippen molar-refractivity contribution in [3.63, 3.8) is 0 Å². The molecule has 4 aliphatic rings. The number of rotatable bonds is 4. The van der Waals surface area contributed by atoms with Gasteiger partial charge in [-0.3, -0.25) is 0 Å². The molecule has 16 rings (SSSR count). The maximum Gasteiger partial charge on any atom is 0.270 e. The Hall–Kier alpha value is -8.74. The zero-order chi connectivity index (χ0) is 43.5. The van der Waals surface area contributed by atoms with Crippen LogP contribution in [0.5, 0.6) is 34.5 Å². The standard InChI is InChI=1S/C61H35BN2O3/c1-2-12-38(13-3-1)63-48-19-6-4-14-42(48)45-30-35(26-28-51(45)63)36-27-29-52-46(31-36)43-15-5-7-20-49(43)64(52)50-21-9-18-41-40-17-8-16-39(44(40)34-47(41)50)37-32-57-61-58(33-37)67-56-25-11-23-54-60(56)62(61)59-53(65-54)22-10-24-55(59)66-57/h1-33H,34H2. The van der Waals surface area contributed by atoms with Crippen LogP contribution in [0.4, 0.5) is 0 Å². The van der Waals surface area contributed by atoms with E-state index < -0.39 is 0 Å². The van der Waals surface area contributed by atoms with Gasteiger partial charge in [-0.15, -0.1) is 0 Å². The Labute approximate surface area is 385 Å². The van der Waals surface area contributed by atoms with Crippen molar-refractivity contribution >= 4 is 66.7 Å². The van der Waals surface area contributed by atoms with Gasteiger partial charge in [0.25, 0.3) is 6.71 Å². The minimum absolute atomic E-state index is 0.0138. The fourth-order valence-corrected chi connectivity index (χ4v) is 12.1. The second kappa shape index (κ2) is 13.0. The van der Waals surface area contributed by atoms with Crippen molar-refractivity contribution in [1.82, 2.24) is 9.13 Å². The fourth-order valence-electron chi connectivity index (χ4n) is 12.1. The monoisotopic (exact) mass is 854 g/mol. The van der Waals surface area contributed by atoms with Crippen LogP contribution in [0, 0.1) is 0 Å². The number of aromatic nitrogens is 2. The summed E-state index contributed by atoms with van der Waals surface area (Å²) in [6.07, 6.45) is 0.798. The van der Waals surface area contributed by atoms with Crippen LogP contribution in [0.3, 0.4) is 0 Å². The molecule has 12 aromatic rings. The summed E-state index contributed by atoms with van der Waals surface area (Å²) in [6, 6.07) is 72.5. The molecule has 3 aliphatic heterocycles. The summed E-state index contributed by atoms with van der Waals surface area (Å²) < 4.78 is 24.8. The third kappa shape index (κ3) is 4.78. The number of fused-ring (bicyclic) bond motifs is 9. The Morgan fingerprint density at radius 1 is 0.328 bits per heavy atom. The van der Waals surface area contributed by atoms with Gasteiger partial charge in [0.2, 0.25) is 0 Å². The van der Waals surface area contributed by atoms with Crippen LogP contribution >= 0.6 is 0 Å². The first kappa shape index (κ1) is 35.6. The minimum Gasteiger partial charge on any atom is -0.458 e. The summed E-state index contributed by atoms with van der Waals surface area (Å²) in [5, 5.41) is 4.98. The van der Waals surface area contributed by atoms with Crippen LogP contribution in [0.15, 0.2) is 200 Å². The predicted octanol–water partition coefficient (Wildman–Crippen LogP) is 13.6. The molecule has 0 amide bonds. The number of benzene rings is 10. The lowest BCUT2D eigenvalue weighted by Crippen LogP contribution is -2.59. The molecular formula is C61H35BN2O3. The molecule has 5 nitrogen and oxygen atoms in total. The maximum atomic E-state index is 6.77. The molecule has 310 valence electrons. The van der Waals surface area contributed by atoms with E-state index in [4.69, 9.17) is 14.2 Å². The van der Waals surface area contributed by atoms with Gasteiger partial charge in [-0.1, -0.05) is 109 Å². The topological polar surface area (TPSA) is 37.5 Å². The van der Waals surface area contributed by atoms with E-state index in [-0.39, 0.29) is 6.71 Å². The molecule has 1 aliphatic carbocycles. The van der Waals surface area contributed by atoms with Crippen LogP contribution in [0.25, 0.3) is 88.4 Å². The highest BCUT2D eigenvalue weighted by Gasteiger charge is 2.46. The normalized spacial score (nSPS) is 13.3. The van der Waals surface area contributed by atoms with E-state index in [1.807, 2.05) is 24.3 Å². The number of para-hydroxylation sites is 3. The Bertz CT molecular complexity index is 4110. The van der Waals surface area contributed by atoms with Crippen LogP contribution in [-0.2, 0) is 6.42 Å². The van der Waals surface area contributed by atoms with Crippen molar-refractivity contribution in [1.29, 1.82) is 0 Å². The fraction of sp³-hybridized carbons (Fsp3) is 0.0164. The highest BCUT2D eigenvalue weighted by atomic mass is 16.5. The molecule has 6 heteroatoms. The highest BCUT2D eigenvalue weighted by molar-refractivity contribution is 6.99. The molecule has 67 heavy (non-hydrogen) atoms. The summed E-state index contributed by atoms with van der Waals surface area (Å²) in [6.45, 7) is -0.0138. The van der Waals surface area contributed by atoms with Gasteiger partial charge >= 0.3 is 0 Å². The predicted molar refractivity (Wildman–Crippen MR) is 272 cm³/mol. The van der Waals surface area contributed by atoms with Gasteiger partial charge in [0, 0.05) is 50.0 Å². The summed E-state index contributed by atoms with van der Waals surface area (Å²) in [5.74, 6) is 5.02. The zero-order valence-corrected chi connectivity index (χ0v) is 36.0. The van der Waals surface area contributed by atoms with E-state index in [0.29, 0.717) is 0 Å². The SMILES string of the molecule is c1ccc(-n2c3ccccc3c3cc(-c4ccc5c(c4)c4ccccc4n5-c4cccc5c4Cc4c(-c6cc7c8c(c6)Oc6cccc9c6B8c6c(cccc6O7)O9)cccc4-5)ccc32)cc1. The average Bonchev–Trinajstić information content (AvgIpc) is 4.04. The maximum absolute atomic E-state index is 6.77. The first-order chi connectivity index (χ1) is 33.2. The van der Waals surface area contributed by atoms with Gasteiger partial charge < -0.3 is 23.3 Å². The third-order valence-electron chi connectivity index (χ3n) is 14.9. The Morgan fingerprint density at radius 2 is 0.806 bits per heavy atom. The summed E-state index contributed by atoms with van der Waals surface area (Å²) in [4.78, 5) is 0. The molecule has 0 saturated heterocycles. The van der Waals surface area contributed by atoms with Crippen LogP contribution in [0.1, 0.15) is 11.1 Å². The molecule has 0 fully saturated rings. The largest absolute Gasteiger partial charge is 0.458 e. The Kier molecular flexibility index (Phi) is 6.89. The van der Waals surface area contributed by atoms with Gasteiger partial charge in [-0.05, 0) is 136 Å². The molecule has 0 atom stereocenters. The van der Waals surface area contributed by atoms with Crippen molar-refractivity contribution in [3.8, 4) is 79.3 Å². The number of hydrogen-bond acceptors (Lipinski definition) is 3. The first-order valence-electron chi connectivity index (χ1n) is 23.1. The molecule has 0 radical (unpaired) electrons. The van der Waals surface area contributed by atoms with Crippen molar-refractivity contribution < 1.29 is 14.2 Å². The minimum atomic E-state index is -0.0138. The lowest BCUT2D eigenvalue weighted by atomic mass is 9.34. The lowest BCUT2D eigenvalue weighted by Gasteiger charge is -2.37. The molecule has 0 bridgehead atoms. The Morgan fingerprint density at radius 3 is 1.45 bits per heavy atom. The summed E-state index contributed by atoms with van der Waals surface area (Å²) in [7, 11) is 0. The Balaban J connectivity index is 0.816. The molecule has 10 aromatic carbocycles. The smallest absolute Gasteiger partial charge is 0.270 e. The summed E-state index contributed by atoms with van der Waals surface area (Å²) in [5.41, 5.74) is 20.2. The average molecular weight is 855 g/mol. The number of ether oxygens (including phenoxy) is 3. The first-order valence-corrected chi connectivity index (χ1v) is 23.1. The van der Waals surface area contributed by atoms with E-state index in [1.165, 1.54) is 93.9 Å². The molecule has 0 spiro atoms. The zero-order valence-electron chi connectivity index (χ0n) is 36.0. The molecule has 0 saturated carbocycles. The molecule has 5 heterocycles. The third-order valence-corrected chi connectivity index (χ3v) is 14.9. The highest BCUT2D eigenvalue weighted by Crippen LogP contribution is 2.49. The van der Waals surface area contributed by atoms with Crippen molar-refractivity contribution in [2.45, 2.75) is 6.42 Å². The van der Waals surface area contributed by atoms with E-state index in [0.717, 1.165) is 62.9 Å². The van der Waals surface area contributed by atoms with Crippen molar-refractivity contribution in [2.75, 3.05) is 0 Å². The van der Waals surface area contributed by atoms with Crippen molar-refractivity contribution in [3.05, 3.63) is 211 Å². The van der Waals surface area contributed by atoms with E-state index in [1.54, 1.807) is 0 Å². The van der Waals surface area contributed by atoms with Crippen LogP contribution in [0.2, 0.25) is 0 Å². The molecule has 0 unspecified atom stereocenters. The lowest BCUT2D eigenvalue weighted by molar-refractivity contribution is 0.443. The van der Waals surface area contributed by atoms with Gasteiger partial charge in [0.05, 0.1) is 27.8 Å². The number of nitrogens with zero attached hydrogens (tertiary/aromatic N) is 2. The van der Waals surface area contributed by atoms with E-state index in [9.17, 15) is 0 Å². The van der Waals surface area contributed by atoms with Crippen LogP contribution < -0.4 is 30.6 Å². The van der Waals surface area contributed by atoms with Crippen LogP contribution in [-0.4, -0.2) is 15.8 Å². The molecular weight excluding hydrogens is 819 g/mol. The van der Waals surface area contributed by atoms with Gasteiger partial charge in [0.15, 0.2) is 0 Å². The van der Waals surface area contributed by atoms with Gasteiger partial charge in [-0.25, -0.2) is 0 Å².